The number of imidazole rings is 1. The lowest BCUT2D eigenvalue weighted by Crippen LogP contribution is -2.37. The number of nitrogens with zero attached hydrogens (tertiary/aromatic N) is 3. The van der Waals surface area contributed by atoms with Gasteiger partial charge >= 0.3 is 0 Å². The van der Waals surface area contributed by atoms with E-state index >= 15 is 0 Å². The molecule has 0 spiro atoms. The van der Waals surface area contributed by atoms with Crippen molar-refractivity contribution in [1.82, 2.24) is 19.9 Å². The quantitative estimate of drug-likeness (QED) is 0.498. The monoisotopic (exact) mass is 403 g/mol. The third-order valence-electron chi connectivity index (χ3n) is 6.81. The summed E-state index contributed by atoms with van der Waals surface area (Å²) in [7, 11) is 0. The van der Waals surface area contributed by atoms with E-state index < -0.39 is 0 Å². The molecule has 0 saturated heterocycles. The van der Waals surface area contributed by atoms with E-state index in [4.69, 9.17) is 15.7 Å². The summed E-state index contributed by atoms with van der Waals surface area (Å²) in [6.07, 6.45) is 11.6. The van der Waals surface area contributed by atoms with E-state index in [1.54, 1.807) is 0 Å². The van der Waals surface area contributed by atoms with Crippen molar-refractivity contribution in [3.8, 4) is 0 Å². The maximum atomic E-state index is 5.85. The average molecular weight is 404 g/mol. The van der Waals surface area contributed by atoms with Gasteiger partial charge in [0.25, 0.3) is 0 Å². The van der Waals surface area contributed by atoms with Gasteiger partial charge in [-0.05, 0) is 81.3 Å². The summed E-state index contributed by atoms with van der Waals surface area (Å²) in [5, 5.41) is 0. The van der Waals surface area contributed by atoms with Crippen LogP contribution in [0.1, 0.15) is 74.1 Å². The highest BCUT2D eigenvalue weighted by molar-refractivity contribution is 5.74. The van der Waals surface area contributed by atoms with E-state index in [1.165, 1.54) is 43.4 Å². The summed E-state index contributed by atoms with van der Waals surface area (Å²) >= 11 is 0. The van der Waals surface area contributed by atoms with E-state index in [0.717, 1.165) is 55.1 Å². The van der Waals surface area contributed by atoms with Gasteiger partial charge in [0, 0.05) is 6.20 Å². The summed E-state index contributed by atoms with van der Waals surface area (Å²) in [5.41, 5.74) is 10.8. The molecule has 2 aromatic heterocycles. The third-order valence-corrected chi connectivity index (χ3v) is 6.81. The maximum absolute atomic E-state index is 5.85. The first kappa shape index (κ1) is 19.7. The number of fused-ring (bicyclic) bond motifs is 2. The number of aromatic nitrogens is 3. The number of aryl methyl sites for hydroxylation is 1. The zero-order valence-electron chi connectivity index (χ0n) is 17.8. The minimum atomic E-state index is 0.306. The first-order valence-electron chi connectivity index (χ1n) is 11.7. The van der Waals surface area contributed by atoms with Gasteiger partial charge in [0.2, 0.25) is 0 Å². The number of nitrogens with one attached hydrogen (secondary N) is 1. The van der Waals surface area contributed by atoms with Crippen LogP contribution in [0.4, 0.5) is 0 Å². The number of benzene rings is 1. The molecule has 5 heteroatoms. The fourth-order valence-electron chi connectivity index (χ4n) is 5.08. The minimum absolute atomic E-state index is 0.306. The number of unbranched alkanes of at least 4 members (excludes halogenated alkanes) is 1. The smallest absolute Gasteiger partial charge is 0.124 e. The first-order chi connectivity index (χ1) is 14.8. The molecule has 5 rings (SSSR count). The number of nitrogens with two attached hydrogens (primary N) is 1. The number of hydrogen-bond donors (Lipinski definition) is 2. The van der Waals surface area contributed by atoms with Gasteiger partial charge in [-0.25, -0.2) is 4.98 Å². The van der Waals surface area contributed by atoms with Crippen molar-refractivity contribution in [3.05, 3.63) is 59.7 Å². The number of hydrogen-bond acceptors (Lipinski definition) is 4. The van der Waals surface area contributed by atoms with Gasteiger partial charge in [0.05, 0.1) is 28.8 Å². The molecule has 3 aromatic rings. The van der Waals surface area contributed by atoms with Gasteiger partial charge in [-0.1, -0.05) is 31.0 Å². The largest absolute Gasteiger partial charge is 0.341 e. The maximum Gasteiger partial charge on any atom is 0.124 e. The van der Waals surface area contributed by atoms with Crippen molar-refractivity contribution in [2.75, 3.05) is 13.1 Å². The Bertz CT molecular complexity index is 943. The van der Waals surface area contributed by atoms with Crippen LogP contribution in [0.2, 0.25) is 0 Å². The summed E-state index contributed by atoms with van der Waals surface area (Å²) in [5.74, 6) is 1.95. The Labute approximate surface area is 179 Å². The summed E-state index contributed by atoms with van der Waals surface area (Å²) in [6.45, 7) is 1.80. The predicted molar refractivity (Wildman–Crippen MR) is 121 cm³/mol. The molecule has 1 saturated carbocycles. The molecule has 2 unspecified atom stereocenters. The van der Waals surface area contributed by atoms with Crippen molar-refractivity contribution in [1.29, 1.82) is 0 Å². The molecule has 1 aromatic carbocycles. The molecular weight excluding hydrogens is 370 g/mol. The third kappa shape index (κ3) is 4.14. The summed E-state index contributed by atoms with van der Waals surface area (Å²) < 4.78 is 0. The van der Waals surface area contributed by atoms with Crippen LogP contribution in [-0.2, 0) is 6.42 Å². The van der Waals surface area contributed by atoms with Crippen molar-refractivity contribution in [3.63, 3.8) is 0 Å². The standard InChI is InChI=1S/C25H33N5/c26-14-3-4-16-30(22-11-5-7-19-8-6-15-27-24(19)22)23(17-18-12-13-18)25-28-20-9-1-2-10-21(20)29-25/h1-2,6,8-10,15,18,22-23H,3-5,7,11-14,16-17,26H2,(H,28,29). The Kier molecular flexibility index (Phi) is 5.82. The van der Waals surface area contributed by atoms with Gasteiger partial charge in [0.1, 0.15) is 5.82 Å². The van der Waals surface area contributed by atoms with Crippen molar-refractivity contribution in [2.45, 2.75) is 63.5 Å². The highest BCUT2D eigenvalue weighted by Gasteiger charge is 2.37. The Hall–Kier alpha value is -2.24. The molecule has 0 amide bonds. The zero-order chi connectivity index (χ0) is 20.3. The number of aromatic amines is 1. The fourth-order valence-corrected chi connectivity index (χ4v) is 5.08. The second-order valence-corrected chi connectivity index (χ2v) is 9.02. The van der Waals surface area contributed by atoms with Crippen LogP contribution < -0.4 is 5.73 Å². The number of pyridine rings is 1. The number of para-hydroxylation sites is 2. The number of H-pyrrole nitrogens is 1. The Balaban J connectivity index is 1.53. The molecule has 158 valence electrons. The zero-order valence-corrected chi connectivity index (χ0v) is 17.8. The predicted octanol–water partition coefficient (Wildman–Crippen LogP) is 4.92. The Morgan fingerprint density at radius 3 is 2.83 bits per heavy atom. The SMILES string of the molecule is NCCCCN(C(CC1CC1)c1nc2ccccc2[nH]1)C1CCCc2cccnc21. The molecule has 1 fully saturated rings. The van der Waals surface area contributed by atoms with Crippen LogP contribution in [0, 0.1) is 5.92 Å². The van der Waals surface area contributed by atoms with Gasteiger partial charge < -0.3 is 10.7 Å². The van der Waals surface area contributed by atoms with Gasteiger partial charge in [-0.3, -0.25) is 9.88 Å². The highest BCUT2D eigenvalue weighted by atomic mass is 15.2. The van der Waals surface area contributed by atoms with Gasteiger partial charge in [-0.15, -0.1) is 0 Å². The lowest BCUT2D eigenvalue weighted by Gasteiger charge is -2.40. The van der Waals surface area contributed by atoms with Crippen LogP contribution in [0.25, 0.3) is 11.0 Å². The molecule has 2 atom stereocenters. The van der Waals surface area contributed by atoms with Crippen LogP contribution in [0.15, 0.2) is 42.6 Å². The van der Waals surface area contributed by atoms with E-state index in [2.05, 4.69) is 46.3 Å². The molecule has 2 heterocycles. The van der Waals surface area contributed by atoms with Crippen LogP contribution >= 0.6 is 0 Å². The molecule has 2 aliphatic rings. The average Bonchev–Trinajstić information content (AvgIpc) is 3.50. The van der Waals surface area contributed by atoms with E-state index in [1.807, 2.05) is 6.20 Å². The summed E-state index contributed by atoms with van der Waals surface area (Å²) in [4.78, 5) is 16.3. The molecule has 0 bridgehead atoms. The Morgan fingerprint density at radius 2 is 2.00 bits per heavy atom. The topological polar surface area (TPSA) is 70.8 Å². The van der Waals surface area contributed by atoms with Crippen molar-refractivity contribution < 1.29 is 0 Å². The second kappa shape index (κ2) is 8.86. The van der Waals surface area contributed by atoms with E-state index in [0.29, 0.717) is 12.1 Å². The van der Waals surface area contributed by atoms with Crippen LogP contribution in [0.5, 0.6) is 0 Å². The van der Waals surface area contributed by atoms with Crippen molar-refractivity contribution >= 4 is 11.0 Å². The van der Waals surface area contributed by atoms with Gasteiger partial charge in [0.15, 0.2) is 0 Å². The minimum Gasteiger partial charge on any atom is -0.341 e. The molecular formula is C25H33N5. The van der Waals surface area contributed by atoms with E-state index in [9.17, 15) is 0 Å². The molecule has 30 heavy (non-hydrogen) atoms. The molecule has 0 radical (unpaired) electrons. The molecule has 5 nitrogen and oxygen atoms in total. The molecule has 2 aliphatic carbocycles. The van der Waals surface area contributed by atoms with Crippen LogP contribution in [0.3, 0.4) is 0 Å². The number of rotatable bonds is 9. The lowest BCUT2D eigenvalue weighted by atomic mass is 9.89. The van der Waals surface area contributed by atoms with E-state index in [-0.39, 0.29) is 0 Å². The van der Waals surface area contributed by atoms with Gasteiger partial charge in [-0.2, -0.15) is 0 Å². The summed E-state index contributed by atoms with van der Waals surface area (Å²) in [6, 6.07) is 13.4. The lowest BCUT2D eigenvalue weighted by molar-refractivity contribution is 0.0987. The highest BCUT2D eigenvalue weighted by Crippen LogP contribution is 2.44. The fraction of sp³-hybridized carbons (Fsp3) is 0.520. The first-order valence-corrected chi connectivity index (χ1v) is 11.7. The Morgan fingerprint density at radius 1 is 1.10 bits per heavy atom. The van der Waals surface area contributed by atoms with Crippen LogP contribution in [-0.4, -0.2) is 32.9 Å². The van der Waals surface area contributed by atoms with Crippen molar-refractivity contribution in [2.24, 2.45) is 11.7 Å². The second-order valence-electron chi connectivity index (χ2n) is 9.02. The molecule has 3 N–H and O–H groups in total. The molecule has 0 aliphatic heterocycles. The normalized spacial score (nSPS) is 19.9.